The lowest BCUT2D eigenvalue weighted by Gasteiger charge is -2.14. The van der Waals surface area contributed by atoms with Gasteiger partial charge in [-0.25, -0.2) is 4.79 Å². The molecule has 24 heavy (non-hydrogen) atoms. The summed E-state index contributed by atoms with van der Waals surface area (Å²) in [5, 5.41) is 6.25. The van der Waals surface area contributed by atoms with E-state index in [4.69, 9.17) is 16.3 Å². The van der Waals surface area contributed by atoms with Crippen LogP contribution >= 0.6 is 22.9 Å². The zero-order chi connectivity index (χ0) is 17.1. The molecule has 0 radical (unpaired) electrons. The molecule has 3 rings (SSSR count). The van der Waals surface area contributed by atoms with Gasteiger partial charge in [-0.05, 0) is 24.4 Å². The van der Waals surface area contributed by atoms with E-state index in [0.29, 0.717) is 28.2 Å². The molecule has 1 aromatic carbocycles. The minimum absolute atomic E-state index is 0.0387. The Balaban J connectivity index is 2.16. The fraction of sp³-hybridized carbons (Fsp3) is 0.176. The number of carbonyl (C=O) groups excluding carboxylic acids is 1. The van der Waals surface area contributed by atoms with Crippen molar-refractivity contribution in [3.8, 4) is 0 Å². The number of aromatic amines is 1. The summed E-state index contributed by atoms with van der Waals surface area (Å²) >= 11 is 7.77. The van der Waals surface area contributed by atoms with Crippen LogP contribution in [0.2, 0.25) is 5.02 Å². The lowest BCUT2D eigenvalue weighted by Crippen LogP contribution is -2.23. The van der Waals surface area contributed by atoms with E-state index in [9.17, 15) is 9.59 Å². The van der Waals surface area contributed by atoms with Crippen molar-refractivity contribution in [2.75, 3.05) is 11.9 Å². The van der Waals surface area contributed by atoms with E-state index >= 15 is 0 Å². The summed E-state index contributed by atoms with van der Waals surface area (Å²) in [6, 6.07) is 9.18. The van der Waals surface area contributed by atoms with Crippen LogP contribution in [-0.2, 0) is 11.3 Å². The number of hydrogen-bond acceptors (Lipinski definition) is 5. The third kappa shape index (κ3) is 3.16. The topological polar surface area (TPSA) is 71.2 Å². The Morgan fingerprint density at radius 3 is 2.88 bits per heavy atom. The average Bonchev–Trinajstić information content (AvgIpc) is 3.07. The normalized spacial score (nSPS) is 10.8. The molecule has 2 heterocycles. The molecule has 2 aromatic heterocycles. The van der Waals surface area contributed by atoms with E-state index in [-0.39, 0.29) is 12.2 Å². The molecule has 0 aliphatic carbocycles. The maximum Gasteiger partial charge on any atom is 0.345 e. The number of pyridine rings is 1. The number of ether oxygens (including phenoxy) is 1. The summed E-state index contributed by atoms with van der Waals surface area (Å²) in [5.74, 6) is -0.658. The highest BCUT2D eigenvalue weighted by molar-refractivity contribution is 7.09. The second kappa shape index (κ2) is 7.07. The van der Waals surface area contributed by atoms with Crippen LogP contribution in [0.15, 0.2) is 40.5 Å². The van der Waals surface area contributed by atoms with Crippen LogP contribution in [0.1, 0.15) is 22.2 Å². The van der Waals surface area contributed by atoms with E-state index in [1.165, 1.54) is 0 Å². The first kappa shape index (κ1) is 16.5. The SMILES string of the molecule is CCOC(=O)c1c(NCc2cccs2)c2cccc(Cl)c2[nH]c1=O. The van der Waals surface area contributed by atoms with Gasteiger partial charge in [0.15, 0.2) is 0 Å². The highest BCUT2D eigenvalue weighted by Gasteiger charge is 2.21. The molecule has 0 unspecified atom stereocenters. The van der Waals surface area contributed by atoms with Crippen molar-refractivity contribution in [1.82, 2.24) is 4.98 Å². The second-order valence-electron chi connectivity index (χ2n) is 5.02. The molecule has 0 saturated carbocycles. The third-order valence-corrected chi connectivity index (χ3v) is 4.69. The number of benzene rings is 1. The summed E-state index contributed by atoms with van der Waals surface area (Å²) in [4.78, 5) is 28.5. The van der Waals surface area contributed by atoms with Gasteiger partial charge < -0.3 is 15.0 Å². The van der Waals surface area contributed by atoms with Crippen LogP contribution in [0.25, 0.3) is 10.9 Å². The van der Waals surface area contributed by atoms with Gasteiger partial charge in [0.25, 0.3) is 5.56 Å². The van der Waals surface area contributed by atoms with E-state index in [1.807, 2.05) is 17.5 Å². The number of rotatable bonds is 5. The van der Waals surface area contributed by atoms with Crippen molar-refractivity contribution >= 4 is 45.5 Å². The van der Waals surface area contributed by atoms with Crippen molar-refractivity contribution in [3.63, 3.8) is 0 Å². The standard InChI is InChI=1S/C17H15ClN2O3S/c1-2-23-17(22)13-15(19-9-10-5-4-8-24-10)11-6-3-7-12(18)14(11)20-16(13)21/h3-8H,2,9H2,1H3,(H2,19,20,21). The van der Waals surface area contributed by atoms with Gasteiger partial charge in [0.2, 0.25) is 0 Å². The van der Waals surface area contributed by atoms with Crippen molar-refractivity contribution in [3.05, 3.63) is 61.5 Å². The minimum atomic E-state index is -0.658. The number of carbonyl (C=O) groups is 1. The lowest BCUT2D eigenvalue weighted by atomic mass is 10.1. The number of fused-ring (bicyclic) bond motifs is 1. The molecule has 0 fully saturated rings. The maximum atomic E-state index is 12.4. The summed E-state index contributed by atoms with van der Waals surface area (Å²) in [7, 11) is 0. The van der Waals surface area contributed by atoms with Crippen molar-refractivity contribution < 1.29 is 9.53 Å². The number of hydrogen-bond donors (Lipinski definition) is 2. The van der Waals surface area contributed by atoms with Crippen LogP contribution in [0.4, 0.5) is 5.69 Å². The Morgan fingerprint density at radius 1 is 1.33 bits per heavy atom. The number of H-pyrrole nitrogens is 1. The van der Waals surface area contributed by atoms with E-state index in [0.717, 1.165) is 4.88 Å². The summed E-state index contributed by atoms with van der Waals surface area (Å²) < 4.78 is 5.04. The fourth-order valence-corrected chi connectivity index (χ4v) is 3.32. The molecule has 0 aliphatic heterocycles. The molecule has 0 atom stereocenters. The first-order valence-corrected chi connectivity index (χ1v) is 8.65. The number of halogens is 1. The first-order valence-electron chi connectivity index (χ1n) is 7.39. The van der Waals surface area contributed by atoms with E-state index in [2.05, 4.69) is 10.3 Å². The molecule has 0 bridgehead atoms. The predicted octanol–water partition coefficient (Wildman–Crippen LogP) is 4.03. The van der Waals surface area contributed by atoms with Crippen molar-refractivity contribution in [2.45, 2.75) is 13.5 Å². The van der Waals surface area contributed by atoms with Crippen LogP contribution in [0.5, 0.6) is 0 Å². The highest BCUT2D eigenvalue weighted by Crippen LogP contribution is 2.29. The summed E-state index contributed by atoms with van der Waals surface area (Å²) in [6.45, 7) is 2.38. The zero-order valence-corrected chi connectivity index (χ0v) is 14.5. The molecule has 7 heteroatoms. The lowest BCUT2D eigenvalue weighted by molar-refractivity contribution is 0.0525. The molecule has 124 valence electrons. The van der Waals surface area contributed by atoms with Crippen LogP contribution in [-0.4, -0.2) is 17.6 Å². The maximum absolute atomic E-state index is 12.4. The predicted molar refractivity (Wildman–Crippen MR) is 97.2 cm³/mol. The Labute approximate surface area is 147 Å². The van der Waals surface area contributed by atoms with E-state index in [1.54, 1.807) is 36.5 Å². The van der Waals surface area contributed by atoms with Crippen LogP contribution in [0.3, 0.4) is 0 Å². The Bertz CT molecular complexity index is 935. The molecule has 5 nitrogen and oxygen atoms in total. The van der Waals surface area contributed by atoms with Gasteiger partial charge in [0.05, 0.1) is 22.8 Å². The fourth-order valence-electron chi connectivity index (χ4n) is 2.45. The molecule has 2 N–H and O–H groups in total. The number of nitrogens with one attached hydrogen (secondary N) is 2. The Morgan fingerprint density at radius 2 is 2.17 bits per heavy atom. The monoisotopic (exact) mass is 362 g/mol. The number of thiophene rings is 1. The molecular weight excluding hydrogens is 348 g/mol. The van der Waals surface area contributed by atoms with Gasteiger partial charge >= 0.3 is 5.97 Å². The molecule has 0 aliphatic rings. The summed E-state index contributed by atoms with van der Waals surface area (Å²) in [5.41, 5.74) is 0.361. The van der Waals surface area contributed by atoms with Gasteiger partial charge in [0, 0.05) is 16.8 Å². The van der Waals surface area contributed by atoms with Crippen LogP contribution in [0, 0.1) is 0 Å². The summed E-state index contributed by atoms with van der Waals surface area (Å²) in [6.07, 6.45) is 0. The van der Waals surface area contributed by atoms with Crippen molar-refractivity contribution in [2.24, 2.45) is 0 Å². The molecule has 3 aromatic rings. The van der Waals surface area contributed by atoms with Gasteiger partial charge in [-0.3, -0.25) is 4.79 Å². The highest BCUT2D eigenvalue weighted by atomic mass is 35.5. The van der Waals surface area contributed by atoms with Crippen LogP contribution < -0.4 is 10.9 Å². The second-order valence-corrected chi connectivity index (χ2v) is 6.46. The minimum Gasteiger partial charge on any atom is -0.462 e. The number of para-hydroxylation sites is 1. The average molecular weight is 363 g/mol. The molecule has 0 saturated heterocycles. The Hall–Kier alpha value is -2.31. The quantitative estimate of drug-likeness (QED) is 0.672. The van der Waals surface area contributed by atoms with Gasteiger partial charge in [0.1, 0.15) is 5.56 Å². The van der Waals surface area contributed by atoms with Gasteiger partial charge in [-0.15, -0.1) is 11.3 Å². The zero-order valence-electron chi connectivity index (χ0n) is 12.9. The number of anilines is 1. The third-order valence-electron chi connectivity index (χ3n) is 3.50. The Kier molecular flexibility index (Phi) is 4.87. The van der Waals surface area contributed by atoms with E-state index < -0.39 is 11.5 Å². The first-order chi connectivity index (χ1) is 11.6. The molecule has 0 amide bonds. The molecular formula is C17H15ClN2O3S. The van der Waals surface area contributed by atoms with Crippen molar-refractivity contribution in [1.29, 1.82) is 0 Å². The number of aromatic nitrogens is 1. The van der Waals surface area contributed by atoms with Gasteiger partial charge in [-0.1, -0.05) is 29.8 Å². The van der Waals surface area contributed by atoms with Gasteiger partial charge in [-0.2, -0.15) is 0 Å². The number of esters is 1. The largest absolute Gasteiger partial charge is 0.462 e. The molecule has 0 spiro atoms. The smallest absolute Gasteiger partial charge is 0.345 e.